The molecule has 0 saturated heterocycles. The molecule has 1 rings (SSSR count). The van der Waals surface area contributed by atoms with Gasteiger partial charge in [-0.05, 0) is 5.92 Å². The van der Waals surface area contributed by atoms with E-state index in [1.807, 2.05) is 6.40 Å². The summed E-state index contributed by atoms with van der Waals surface area (Å²) in [5.41, 5.74) is 0. The SMILES string of the molecule is [2H]C#Cn1ccnc1C#CCOC. The highest BCUT2D eigenvalue weighted by molar-refractivity contribution is 5.24. The first-order chi connectivity index (χ1) is 6.38. The predicted molar refractivity (Wildman–Crippen MR) is 45.2 cm³/mol. The number of aromatic nitrogens is 2. The maximum Gasteiger partial charge on any atom is 0.197 e. The molecule has 0 spiro atoms. The molecule has 0 bridgehead atoms. The molecule has 0 aliphatic heterocycles. The van der Waals surface area contributed by atoms with Crippen LogP contribution < -0.4 is 0 Å². The number of nitrogens with zero attached hydrogens (tertiary/aromatic N) is 2. The van der Waals surface area contributed by atoms with Crippen molar-refractivity contribution in [3.63, 3.8) is 0 Å². The Morgan fingerprint density at radius 1 is 1.92 bits per heavy atom. The molecule has 0 atom stereocenters. The third-order valence-electron chi connectivity index (χ3n) is 1.18. The van der Waals surface area contributed by atoms with Crippen molar-refractivity contribution in [2.24, 2.45) is 0 Å². The van der Waals surface area contributed by atoms with Crippen molar-refractivity contribution in [2.45, 2.75) is 0 Å². The molecule has 0 N–H and O–H groups in total. The van der Waals surface area contributed by atoms with E-state index in [0.717, 1.165) is 0 Å². The highest BCUT2D eigenvalue weighted by Gasteiger charge is 1.92. The fourth-order valence-corrected chi connectivity index (χ4v) is 0.673. The first-order valence-corrected chi connectivity index (χ1v) is 3.32. The summed E-state index contributed by atoms with van der Waals surface area (Å²) in [4.78, 5) is 3.95. The Bertz CT molecular complexity index is 389. The summed E-state index contributed by atoms with van der Waals surface area (Å²) in [5.74, 6) is 6.05. The van der Waals surface area contributed by atoms with Crippen LogP contribution in [0.25, 0.3) is 0 Å². The molecule has 0 saturated carbocycles. The van der Waals surface area contributed by atoms with Crippen LogP contribution in [0.3, 0.4) is 0 Å². The molecule has 60 valence electrons. The van der Waals surface area contributed by atoms with E-state index in [9.17, 15) is 0 Å². The molecule has 0 radical (unpaired) electrons. The molecule has 1 aromatic rings. The van der Waals surface area contributed by atoms with Crippen LogP contribution in [-0.4, -0.2) is 23.3 Å². The standard InChI is InChI=1S/C9H8N2O/c1-3-11-7-6-10-9(11)5-4-8-12-2/h1,6-7H,8H2,2H3/i1D. The molecule has 1 heterocycles. The van der Waals surface area contributed by atoms with Gasteiger partial charge in [0.05, 0.1) is 0 Å². The second-order valence-corrected chi connectivity index (χ2v) is 1.97. The highest BCUT2D eigenvalue weighted by atomic mass is 16.5. The third kappa shape index (κ3) is 1.88. The van der Waals surface area contributed by atoms with E-state index in [-0.39, 0.29) is 0 Å². The Balaban J connectivity index is 2.82. The number of ether oxygens (including phenoxy) is 1. The molecule has 0 fully saturated rings. The molecule has 0 amide bonds. The molecule has 0 aliphatic rings. The number of terminal acetylenes is 1. The lowest BCUT2D eigenvalue weighted by Crippen LogP contribution is -1.91. The van der Waals surface area contributed by atoms with E-state index in [1.165, 1.54) is 4.57 Å². The molecule has 3 nitrogen and oxygen atoms in total. The fourth-order valence-electron chi connectivity index (χ4n) is 0.673. The molecule has 3 heteroatoms. The summed E-state index contributed by atoms with van der Waals surface area (Å²) in [6, 6.07) is 2.51. The summed E-state index contributed by atoms with van der Waals surface area (Å²) in [6.45, 7) is 0.362. The number of hydrogen-bond acceptors (Lipinski definition) is 2. The zero-order valence-electron chi connectivity index (χ0n) is 7.66. The maximum absolute atomic E-state index is 6.71. The topological polar surface area (TPSA) is 27.1 Å². The second kappa shape index (κ2) is 4.23. The van der Waals surface area contributed by atoms with Crippen LogP contribution in [0.15, 0.2) is 12.4 Å². The summed E-state index contributed by atoms with van der Waals surface area (Å²) < 4.78 is 13.0. The summed E-state index contributed by atoms with van der Waals surface area (Å²) >= 11 is 0. The van der Waals surface area contributed by atoms with Gasteiger partial charge < -0.3 is 4.74 Å². The maximum atomic E-state index is 6.71. The van der Waals surface area contributed by atoms with Crippen molar-refractivity contribution < 1.29 is 6.11 Å². The van der Waals surface area contributed by atoms with Crippen LogP contribution >= 0.6 is 0 Å². The minimum atomic E-state index is 0.362. The average molecular weight is 161 g/mol. The molecular formula is C9H8N2O. The van der Waals surface area contributed by atoms with Crippen LogP contribution in [-0.2, 0) is 4.74 Å². The summed E-state index contributed by atoms with van der Waals surface area (Å²) in [7, 11) is 1.57. The van der Waals surface area contributed by atoms with Gasteiger partial charge >= 0.3 is 0 Å². The van der Waals surface area contributed by atoms with Crippen molar-refractivity contribution in [2.75, 3.05) is 13.7 Å². The van der Waals surface area contributed by atoms with Gasteiger partial charge in [0.2, 0.25) is 0 Å². The highest BCUT2D eigenvalue weighted by Crippen LogP contribution is 1.91. The van der Waals surface area contributed by atoms with Gasteiger partial charge in [0.25, 0.3) is 0 Å². The van der Waals surface area contributed by atoms with Crippen molar-refractivity contribution in [1.82, 2.24) is 9.55 Å². The minimum Gasteiger partial charge on any atom is -0.372 e. The molecule has 0 aromatic carbocycles. The second-order valence-electron chi connectivity index (χ2n) is 1.97. The van der Waals surface area contributed by atoms with E-state index < -0.39 is 0 Å². The zero-order valence-corrected chi connectivity index (χ0v) is 6.66. The Hall–Kier alpha value is -1.71. The van der Waals surface area contributed by atoms with Crippen LogP contribution in [0.4, 0.5) is 0 Å². The van der Waals surface area contributed by atoms with Gasteiger partial charge in [0, 0.05) is 25.5 Å². The van der Waals surface area contributed by atoms with E-state index in [1.54, 1.807) is 19.5 Å². The predicted octanol–water partition coefficient (Wildman–Crippen LogP) is 0.320. The van der Waals surface area contributed by atoms with Crippen molar-refractivity contribution >= 4 is 0 Å². The molecular weight excluding hydrogens is 152 g/mol. The number of hydrogen-bond donors (Lipinski definition) is 0. The van der Waals surface area contributed by atoms with Gasteiger partial charge in [0.1, 0.15) is 7.98 Å². The Labute approximate surface area is 72.8 Å². The Morgan fingerprint density at radius 3 is 3.58 bits per heavy atom. The van der Waals surface area contributed by atoms with Crippen molar-refractivity contribution in [1.29, 1.82) is 0 Å². The number of rotatable bonds is 1. The van der Waals surface area contributed by atoms with Gasteiger partial charge in [-0.25, -0.2) is 4.98 Å². The smallest absolute Gasteiger partial charge is 0.197 e. The van der Waals surface area contributed by atoms with Gasteiger partial charge in [-0.1, -0.05) is 12.3 Å². The van der Waals surface area contributed by atoms with Crippen molar-refractivity contribution in [3.05, 3.63) is 18.2 Å². The van der Waals surface area contributed by atoms with Crippen LogP contribution in [0, 0.1) is 24.3 Å². The lowest BCUT2D eigenvalue weighted by molar-refractivity contribution is 0.240. The Morgan fingerprint density at radius 2 is 2.83 bits per heavy atom. The molecule has 1 aromatic heterocycles. The normalized spacial score (nSPS) is 8.92. The van der Waals surface area contributed by atoms with Crippen LogP contribution in [0.1, 0.15) is 7.20 Å². The summed E-state index contributed by atoms with van der Waals surface area (Å²) in [5, 5.41) is 0. The molecule has 0 unspecified atom stereocenters. The van der Waals surface area contributed by atoms with Crippen molar-refractivity contribution in [3.8, 4) is 24.3 Å². The Kier molecular flexibility index (Phi) is 2.45. The third-order valence-corrected chi connectivity index (χ3v) is 1.18. The van der Waals surface area contributed by atoms with Gasteiger partial charge in [-0.15, -0.1) is 0 Å². The number of imidazole rings is 1. The first-order valence-electron chi connectivity index (χ1n) is 3.82. The largest absolute Gasteiger partial charge is 0.372 e. The molecule has 0 aliphatic carbocycles. The lowest BCUT2D eigenvalue weighted by atomic mass is 10.5. The average Bonchev–Trinajstić information content (AvgIpc) is 2.54. The summed E-state index contributed by atoms with van der Waals surface area (Å²) in [6.07, 6.45) is 5.26. The van der Waals surface area contributed by atoms with Crippen LogP contribution in [0.2, 0.25) is 0 Å². The van der Waals surface area contributed by atoms with Gasteiger partial charge in [0.15, 0.2) is 5.82 Å². The monoisotopic (exact) mass is 161 g/mol. The zero-order chi connectivity index (χ0) is 9.52. The van der Waals surface area contributed by atoms with E-state index in [0.29, 0.717) is 12.4 Å². The quantitative estimate of drug-likeness (QED) is 0.555. The fraction of sp³-hybridized carbons (Fsp3) is 0.222. The minimum absolute atomic E-state index is 0.362. The van der Waals surface area contributed by atoms with Crippen LogP contribution in [0.5, 0.6) is 0 Å². The van der Waals surface area contributed by atoms with Gasteiger partial charge in [-0.2, -0.15) is 0 Å². The van der Waals surface area contributed by atoms with E-state index in [4.69, 9.17) is 6.11 Å². The van der Waals surface area contributed by atoms with E-state index in [2.05, 4.69) is 22.9 Å². The van der Waals surface area contributed by atoms with E-state index >= 15 is 0 Å². The lowest BCUT2D eigenvalue weighted by Gasteiger charge is -1.88. The first kappa shape index (κ1) is 6.97. The molecule has 12 heavy (non-hydrogen) atoms. The number of methoxy groups -OCH3 is 1. The van der Waals surface area contributed by atoms with Gasteiger partial charge in [-0.3, -0.25) is 4.57 Å².